The summed E-state index contributed by atoms with van der Waals surface area (Å²) in [6.07, 6.45) is 1.28. The number of nitrogens with one attached hydrogen (secondary N) is 1. The van der Waals surface area contributed by atoms with Crippen LogP contribution in [0, 0.1) is 6.92 Å². The Kier molecular flexibility index (Phi) is 8.02. The Morgan fingerprint density at radius 2 is 1.95 bits per heavy atom. The van der Waals surface area contributed by atoms with E-state index in [9.17, 15) is 4.79 Å². The molecule has 5 nitrogen and oxygen atoms in total. The molecule has 7 heteroatoms. The predicted octanol–water partition coefficient (Wildman–Crippen LogP) is 2.57. The van der Waals surface area contributed by atoms with Gasteiger partial charge in [0.2, 0.25) is 0 Å². The third kappa shape index (κ3) is 4.74. The van der Waals surface area contributed by atoms with Crippen molar-refractivity contribution in [1.29, 1.82) is 0 Å². The van der Waals surface area contributed by atoms with Crippen LogP contribution in [-0.2, 0) is 0 Å². The number of nitrogens with zero attached hydrogens (tertiary/aromatic N) is 1. The fraction of sp³-hybridized carbons (Fsp3) is 0.286. The minimum atomic E-state index is -0.276. The van der Waals surface area contributed by atoms with Crippen molar-refractivity contribution in [2.75, 3.05) is 6.54 Å². The van der Waals surface area contributed by atoms with Gasteiger partial charge in [-0.2, -0.15) is 0 Å². The highest BCUT2D eigenvalue weighted by molar-refractivity contribution is 5.97. The highest BCUT2D eigenvalue weighted by atomic mass is 35.5. The van der Waals surface area contributed by atoms with Gasteiger partial charge in [0, 0.05) is 18.2 Å². The van der Waals surface area contributed by atoms with Crippen LogP contribution in [0.4, 0.5) is 0 Å². The van der Waals surface area contributed by atoms with Gasteiger partial charge in [0.25, 0.3) is 5.91 Å². The third-order valence-corrected chi connectivity index (χ3v) is 2.83. The molecule has 0 saturated heterocycles. The van der Waals surface area contributed by atoms with Gasteiger partial charge in [-0.25, -0.2) is 4.98 Å². The Labute approximate surface area is 136 Å². The first-order chi connectivity index (χ1) is 9.11. The quantitative estimate of drug-likeness (QED) is 0.902. The van der Waals surface area contributed by atoms with Crippen molar-refractivity contribution in [2.45, 2.75) is 19.9 Å². The van der Waals surface area contributed by atoms with Crippen LogP contribution in [0.1, 0.15) is 23.0 Å². The van der Waals surface area contributed by atoms with E-state index in [2.05, 4.69) is 10.3 Å². The molecule has 1 aromatic carbocycles. The van der Waals surface area contributed by atoms with Gasteiger partial charge in [-0.05, 0) is 13.8 Å². The molecular weight excluding hydrogens is 313 g/mol. The van der Waals surface area contributed by atoms with E-state index < -0.39 is 0 Å². The minimum absolute atomic E-state index is 0. The summed E-state index contributed by atoms with van der Waals surface area (Å²) < 4.78 is 5.32. The number of aromatic nitrogens is 1. The van der Waals surface area contributed by atoms with Crippen LogP contribution < -0.4 is 11.1 Å². The van der Waals surface area contributed by atoms with Gasteiger partial charge in [-0.1, -0.05) is 29.8 Å². The number of benzene rings is 1. The van der Waals surface area contributed by atoms with Gasteiger partial charge in [0.05, 0.1) is 0 Å². The second-order valence-electron chi connectivity index (χ2n) is 4.51. The topological polar surface area (TPSA) is 81.2 Å². The number of amides is 1. The molecular formula is C14H19Cl2N3O2. The molecule has 0 saturated carbocycles. The molecule has 3 N–H and O–H groups in total. The number of rotatable bonds is 4. The van der Waals surface area contributed by atoms with Crippen LogP contribution in [0.15, 0.2) is 35.1 Å². The fourth-order valence-electron chi connectivity index (χ4n) is 1.67. The standard InChI is InChI=1S/C14H17N3O2.2ClH/c1-9-3-5-11(6-4-9)13-12(16-8-19-13)14(18)17-10(2)7-15;;/h3-6,8,10H,7,15H2,1-2H3,(H,17,18);2*1H/t10-;;/m0../s1. The van der Waals surface area contributed by atoms with Crippen LogP contribution >= 0.6 is 24.8 Å². The zero-order valence-corrected chi connectivity index (χ0v) is 13.5. The van der Waals surface area contributed by atoms with Crippen molar-refractivity contribution in [3.63, 3.8) is 0 Å². The molecule has 0 unspecified atom stereocenters. The lowest BCUT2D eigenvalue weighted by Gasteiger charge is -2.10. The zero-order chi connectivity index (χ0) is 13.8. The largest absolute Gasteiger partial charge is 0.443 e. The average Bonchev–Trinajstić information content (AvgIpc) is 2.88. The van der Waals surface area contributed by atoms with Crippen LogP contribution in [0.2, 0.25) is 0 Å². The number of nitrogens with two attached hydrogens (primary N) is 1. The van der Waals surface area contributed by atoms with Crippen molar-refractivity contribution in [2.24, 2.45) is 5.73 Å². The molecule has 0 spiro atoms. The molecule has 1 heterocycles. The zero-order valence-electron chi connectivity index (χ0n) is 11.8. The molecule has 21 heavy (non-hydrogen) atoms. The van der Waals surface area contributed by atoms with E-state index in [1.165, 1.54) is 6.39 Å². The fourth-order valence-corrected chi connectivity index (χ4v) is 1.67. The van der Waals surface area contributed by atoms with Gasteiger partial charge in [0.1, 0.15) is 0 Å². The number of hydrogen-bond donors (Lipinski definition) is 2. The predicted molar refractivity (Wildman–Crippen MR) is 87.2 cm³/mol. The van der Waals surface area contributed by atoms with E-state index in [1.54, 1.807) is 0 Å². The Morgan fingerprint density at radius 3 is 2.52 bits per heavy atom. The first-order valence-electron chi connectivity index (χ1n) is 6.13. The number of aryl methyl sites for hydroxylation is 1. The molecule has 2 rings (SSSR count). The van der Waals surface area contributed by atoms with E-state index in [0.717, 1.165) is 11.1 Å². The van der Waals surface area contributed by atoms with Crippen LogP contribution in [0.5, 0.6) is 0 Å². The van der Waals surface area contributed by atoms with Crippen molar-refractivity contribution in [1.82, 2.24) is 10.3 Å². The van der Waals surface area contributed by atoms with E-state index in [0.29, 0.717) is 12.3 Å². The second-order valence-corrected chi connectivity index (χ2v) is 4.51. The summed E-state index contributed by atoms with van der Waals surface area (Å²) >= 11 is 0. The maximum Gasteiger partial charge on any atom is 0.274 e. The summed E-state index contributed by atoms with van der Waals surface area (Å²) in [6, 6.07) is 7.62. The molecule has 1 amide bonds. The third-order valence-electron chi connectivity index (χ3n) is 2.83. The molecule has 2 aromatic rings. The lowest BCUT2D eigenvalue weighted by Crippen LogP contribution is -2.38. The van der Waals surface area contributed by atoms with Crippen LogP contribution in [0.3, 0.4) is 0 Å². The van der Waals surface area contributed by atoms with E-state index in [-0.39, 0.29) is 42.5 Å². The molecule has 116 valence electrons. The van der Waals surface area contributed by atoms with Crippen LogP contribution in [0.25, 0.3) is 11.3 Å². The first kappa shape index (κ1) is 19.4. The molecule has 1 atom stereocenters. The van der Waals surface area contributed by atoms with E-state index in [1.807, 2.05) is 38.1 Å². The number of carbonyl (C=O) groups is 1. The summed E-state index contributed by atoms with van der Waals surface area (Å²) in [6.45, 7) is 4.22. The molecule has 0 fully saturated rings. The molecule has 0 radical (unpaired) electrons. The van der Waals surface area contributed by atoms with Crippen molar-refractivity contribution in [3.8, 4) is 11.3 Å². The molecule has 0 aliphatic carbocycles. The van der Waals surface area contributed by atoms with Gasteiger partial charge >= 0.3 is 0 Å². The summed E-state index contributed by atoms with van der Waals surface area (Å²) in [5, 5.41) is 2.77. The summed E-state index contributed by atoms with van der Waals surface area (Å²) in [7, 11) is 0. The first-order valence-corrected chi connectivity index (χ1v) is 6.13. The maximum absolute atomic E-state index is 12.0. The molecule has 0 aliphatic heterocycles. The van der Waals surface area contributed by atoms with E-state index in [4.69, 9.17) is 10.2 Å². The highest BCUT2D eigenvalue weighted by Crippen LogP contribution is 2.23. The van der Waals surface area contributed by atoms with Crippen LogP contribution in [-0.4, -0.2) is 23.5 Å². The van der Waals surface area contributed by atoms with Gasteiger partial charge < -0.3 is 15.5 Å². The van der Waals surface area contributed by atoms with Crippen molar-refractivity contribution >= 4 is 30.7 Å². The minimum Gasteiger partial charge on any atom is -0.443 e. The Morgan fingerprint density at radius 1 is 1.33 bits per heavy atom. The number of carbonyl (C=O) groups excluding carboxylic acids is 1. The normalized spacial score (nSPS) is 11.0. The van der Waals surface area contributed by atoms with Gasteiger partial charge in [0.15, 0.2) is 17.8 Å². The lowest BCUT2D eigenvalue weighted by molar-refractivity contribution is 0.0937. The van der Waals surface area contributed by atoms with Gasteiger partial charge in [-0.15, -0.1) is 24.8 Å². The molecule has 1 aromatic heterocycles. The second kappa shape index (κ2) is 8.67. The highest BCUT2D eigenvalue weighted by Gasteiger charge is 2.19. The van der Waals surface area contributed by atoms with Crippen molar-refractivity contribution in [3.05, 3.63) is 41.9 Å². The SMILES string of the molecule is Cc1ccc(-c2ocnc2C(=O)N[C@@H](C)CN)cc1.Cl.Cl. The Hall–Kier alpha value is -1.56. The average molecular weight is 332 g/mol. The van der Waals surface area contributed by atoms with Gasteiger partial charge in [-0.3, -0.25) is 4.79 Å². The lowest BCUT2D eigenvalue weighted by atomic mass is 10.1. The smallest absolute Gasteiger partial charge is 0.274 e. The maximum atomic E-state index is 12.0. The summed E-state index contributed by atoms with van der Waals surface area (Å²) in [5.41, 5.74) is 7.73. The Balaban J connectivity index is 0.00000200. The summed E-state index contributed by atoms with van der Waals surface area (Å²) in [4.78, 5) is 16.0. The van der Waals surface area contributed by atoms with Crippen molar-refractivity contribution < 1.29 is 9.21 Å². The number of hydrogen-bond acceptors (Lipinski definition) is 4. The van der Waals surface area contributed by atoms with E-state index >= 15 is 0 Å². The molecule has 0 bridgehead atoms. The monoisotopic (exact) mass is 331 g/mol. The number of oxazole rings is 1. The summed E-state index contributed by atoms with van der Waals surface area (Å²) in [5.74, 6) is 0.198. The molecule has 0 aliphatic rings. The Bertz CT molecular complexity index is 570. The number of halogens is 2.